The van der Waals surface area contributed by atoms with Crippen molar-refractivity contribution in [2.75, 3.05) is 18.5 Å². The predicted octanol–water partition coefficient (Wildman–Crippen LogP) is 2.52. The van der Waals surface area contributed by atoms with E-state index in [9.17, 15) is 9.59 Å². The Morgan fingerprint density at radius 2 is 2.00 bits per heavy atom. The Kier molecular flexibility index (Phi) is 7.19. The third kappa shape index (κ3) is 6.60. The molecule has 0 bridgehead atoms. The van der Waals surface area contributed by atoms with E-state index in [1.54, 1.807) is 18.2 Å². The second kappa shape index (κ2) is 8.64. The van der Waals surface area contributed by atoms with Crippen LogP contribution in [0.2, 0.25) is 5.02 Å². The monoisotopic (exact) mass is 312 g/mol. The standard InChI is InChI=1S/C15H21ClN2O3/c1-10(2)21-8-4-7-17-14(19)15(20)18-13-6-5-12(16)9-11(13)3/h5-6,9-10H,4,7-8H2,1-3H3,(H,17,19)(H,18,20). The van der Waals surface area contributed by atoms with Crippen LogP contribution < -0.4 is 10.6 Å². The van der Waals surface area contributed by atoms with Gasteiger partial charge in [0.2, 0.25) is 0 Å². The summed E-state index contributed by atoms with van der Waals surface area (Å²) in [6.07, 6.45) is 0.828. The molecule has 1 rings (SSSR count). The molecule has 2 amide bonds. The highest BCUT2D eigenvalue weighted by atomic mass is 35.5. The lowest BCUT2D eigenvalue weighted by molar-refractivity contribution is -0.136. The minimum atomic E-state index is -0.690. The van der Waals surface area contributed by atoms with Gasteiger partial charge in [-0.1, -0.05) is 11.6 Å². The van der Waals surface area contributed by atoms with Crippen LogP contribution in [-0.4, -0.2) is 31.1 Å². The van der Waals surface area contributed by atoms with Gasteiger partial charge < -0.3 is 15.4 Å². The van der Waals surface area contributed by atoms with E-state index in [4.69, 9.17) is 16.3 Å². The molecule has 0 heterocycles. The Hall–Kier alpha value is -1.59. The molecule has 5 nitrogen and oxygen atoms in total. The van der Waals surface area contributed by atoms with Crippen molar-refractivity contribution in [1.29, 1.82) is 0 Å². The fourth-order valence-corrected chi connectivity index (χ4v) is 1.85. The van der Waals surface area contributed by atoms with Crippen LogP contribution in [-0.2, 0) is 14.3 Å². The second-order valence-electron chi connectivity index (χ2n) is 4.94. The smallest absolute Gasteiger partial charge is 0.313 e. The zero-order valence-electron chi connectivity index (χ0n) is 12.5. The lowest BCUT2D eigenvalue weighted by atomic mass is 10.2. The molecule has 0 saturated heterocycles. The van der Waals surface area contributed by atoms with Crippen LogP contribution in [0.15, 0.2) is 18.2 Å². The van der Waals surface area contributed by atoms with Crippen molar-refractivity contribution in [3.05, 3.63) is 28.8 Å². The molecule has 0 aromatic heterocycles. The summed E-state index contributed by atoms with van der Waals surface area (Å²) in [6.45, 7) is 6.65. The maximum absolute atomic E-state index is 11.7. The molecule has 1 aromatic carbocycles. The average Bonchev–Trinajstić information content (AvgIpc) is 2.40. The fourth-order valence-electron chi connectivity index (χ4n) is 1.62. The number of ether oxygens (including phenoxy) is 1. The quantitative estimate of drug-likeness (QED) is 0.626. The highest BCUT2D eigenvalue weighted by Crippen LogP contribution is 2.19. The van der Waals surface area contributed by atoms with Crippen LogP contribution >= 0.6 is 11.6 Å². The highest BCUT2D eigenvalue weighted by Gasteiger charge is 2.14. The zero-order chi connectivity index (χ0) is 15.8. The number of aryl methyl sites for hydroxylation is 1. The highest BCUT2D eigenvalue weighted by molar-refractivity contribution is 6.39. The minimum Gasteiger partial charge on any atom is -0.379 e. The van der Waals surface area contributed by atoms with Gasteiger partial charge in [-0.05, 0) is 51.0 Å². The Bertz CT molecular complexity index is 504. The summed E-state index contributed by atoms with van der Waals surface area (Å²) in [4.78, 5) is 23.4. The van der Waals surface area contributed by atoms with Gasteiger partial charge in [0.1, 0.15) is 0 Å². The first-order valence-corrected chi connectivity index (χ1v) is 7.25. The van der Waals surface area contributed by atoms with Crippen molar-refractivity contribution in [3.63, 3.8) is 0 Å². The van der Waals surface area contributed by atoms with Crippen LogP contribution in [0.4, 0.5) is 5.69 Å². The molecule has 2 N–H and O–H groups in total. The predicted molar refractivity (Wildman–Crippen MR) is 83.5 cm³/mol. The maximum Gasteiger partial charge on any atom is 0.313 e. The Morgan fingerprint density at radius 1 is 1.29 bits per heavy atom. The lowest BCUT2D eigenvalue weighted by Crippen LogP contribution is -2.36. The van der Waals surface area contributed by atoms with E-state index in [0.29, 0.717) is 30.3 Å². The number of benzene rings is 1. The molecule has 0 aliphatic rings. The number of nitrogens with one attached hydrogen (secondary N) is 2. The number of halogens is 1. The number of hydrogen-bond donors (Lipinski definition) is 2. The molecule has 0 unspecified atom stereocenters. The van der Waals surface area contributed by atoms with Gasteiger partial charge in [0, 0.05) is 23.9 Å². The normalized spacial score (nSPS) is 10.5. The molecule has 0 fully saturated rings. The van der Waals surface area contributed by atoms with Gasteiger partial charge in [0.15, 0.2) is 0 Å². The van der Waals surface area contributed by atoms with Gasteiger partial charge in [-0.3, -0.25) is 9.59 Å². The average molecular weight is 313 g/mol. The van der Waals surface area contributed by atoms with Gasteiger partial charge in [0.25, 0.3) is 0 Å². The number of amides is 2. The molecule has 116 valence electrons. The minimum absolute atomic E-state index is 0.164. The summed E-state index contributed by atoms with van der Waals surface area (Å²) in [6, 6.07) is 5.04. The number of hydrogen-bond acceptors (Lipinski definition) is 3. The first-order chi connectivity index (χ1) is 9.90. The van der Waals surface area contributed by atoms with E-state index >= 15 is 0 Å². The van der Waals surface area contributed by atoms with Crippen LogP contribution in [0.25, 0.3) is 0 Å². The molecule has 0 atom stereocenters. The third-order valence-electron chi connectivity index (χ3n) is 2.70. The van der Waals surface area contributed by atoms with Gasteiger partial charge in [-0.2, -0.15) is 0 Å². The molecular weight excluding hydrogens is 292 g/mol. The topological polar surface area (TPSA) is 67.4 Å². The van der Waals surface area contributed by atoms with Crippen LogP contribution in [0.5, 0.6) is 0 Å². The number of carbonyl (C=O) groups excluding carboxylic acids is 2. The maximum atomic E-state index is 11.7. The Labute approximate surface area is 130 Å². The summed E-state index contributed by atoms with van der Waals surface area (Å²) >= 11 is 5.83. The lowest BCUT2D eigenvalue weighted by Gasteiger charge is -2.10. The van der Waals surface area contributed by atoms with Gasteiger partial charge in [-0.25, -0.2) is 0 Å². The summed E-state index contributed by atoms with van der Waals surface area (Å²) < 4.78 is 5.34. The van der Waals surface area contributed by atoms with Crippen LogP contribution in [0.3, 0.4) is 0 Å². The van der Waals surface area contributed by atoms with E-state index < -0.39 is 11.8 Å². The molecule has 0 radical (unpaired) electrons. The molecule has 6 heteroatoms. The van der Waals surface area contributed by atoms with Crippen molar-refractivity contribution in [3.8, 4) is 0 Å². The number of carbonyl (C=O) groups is 2. The zero-order valence-corrected chi connectivity index (χ0v) is 13.3. The van der Waals surface area contributed by atoms with Crippen molar-refractivity contribution in [1.82, 2.24) is 5.32 Å². The van der Waals surface area contributed by atoms with Gasteiger partial charge in [-0.15, -0.1) is 0 Å². The molecule has 0 aliphatic heterocycles. The Balaban J connectivity index is 2.36. The van der Waals surface area contributed by atoms with E-state index in [0.717, 1.165) is 5.56 Å². The molecule has 21 heavy (non-hydrogen) atoms. The largest absolute Gasteiger partial charge is 0.379 e. The SMILES string of the molecule is Cc1cc(Cl)ccc1NC(=O)C(=O)NCCCOC(C)C. The first-order valence-electron chi connectivity index (χ1n) is 6.87. The second-order valence-corrected chi connectivity index (χ2v) is 5.38. The third-order valence-corrected chi connectivity index (χ3v) is 2.94. The van der Waals surface area contributed by atoms with Crippen molar-refractivity contribution in [2.24, 2.45) is 0 Å². The molecule has 1 aromatic rings. The summed E-state index contributed by atoms with van der Waals surface area (Å²) in [5.74, 6) is -1.35. The summed E-state index contributed by atoms with van der Waals surface area (Å²) in [5.41, 5.74) is 1.37. The van der Waals surface area contributed by atoms with E-state index in [1.807, 2.05) is 20.8 Å². The van der Waals surface area contributed by atoms with Crippen LogP contribution in [0.1, 0.15) is 25.8 Å². The molecule has 0 saturated carbocycles. The molecular formula is C15H21ClN2O3. The fraction of sp³-hybridized carbons (Fsp3) is 0.467. The van der Waals surface area contributed by atoms with E-state index in [-0.39, 0.29) is 6.10 Å². The van der Waals surface area contributed by atoms with Gasteiger partial charge >= 0.3 is 11.8 Å². The molecule has 0 spiro atoms. The van der Waals surface area contributed by atoms with E-state index in [2.05, 4.69) is 10.6 Å². The number of anilines is 1. The summed E-state index contributed by atoms with van der Waals surface area (Å²) in [5, 5.41) is 5.69. The Morgan fingerprint density at radius 3 is 2.62 bits per heavy atom. The van der Waals surface area contributed by atoms with E-state index in [1.165, 1.54) is 0 Å². The van der Waals surface area contributed by atoms with Crippen LogP contribution in [0, 0.1) is 6.92 Å². The number of rotatable bonds is 6. The van der Waals surface area contributed by atoms with Crippen molar-refractivity contribution < 1.29 is 14.3 Å². The first kappa shape index (κ1) is 17.5. The summed E-state index contributed by atoms with van der Waals surface area (Å²) in [7, 11) is 0. The van der Waals surface area contributed by atoms with Crippen molar-refractivity contribution in [2.45, 2.75) is 33.3 Å². The molecule has 0 aliphatic carbocycles. The van der Waals surface area contributed by atoms with Gasteiger partial charge in [0.05, 0.1) is 6.10 Å². The van der Waals surface area contributed by atoms with Crippen molar-refractivity contribution >= 4 is 29.1 Å².